The van der Waals surface area contributed by atoms with Crippen LogP contribution < -0.4 is 0 Å². The fourth-order valence-corrected chi connectivity index (χ4v) is 3.10. The van der Waals surface area contributed by atoms with Gasteiger partial charge in [-0.15, -0.1) is 0 Å². The molecule has 3 aromatic rings. The maximum absolute atomic E-state index is 5.41. The Morgan fingerprint density at radius 1 is 0.680 bits per heavy atom. The lowest BCUT2D eigenvalue weighted by molar-refractivity contribution is 0.206. The van der Waals surface area contributed by atoms with Gasteiger partial charge in [-0.3, -0.25) is 0 Å². The highest BCUT2D eigenvalue weighted by Gasteiger charge is 2.13. The zero-order chi connectivity index (χ0) is 17.5. The molecule has 0 unspecified atom stereocenters. The van der Waals surface area contributed by atoms with E-state index in [9.17, 15) is 0 Å². The molecule has 1 nitrogen and oxygen atoms in total. The summed E-state index contributed by atoms with van der Waals surface area (Å²) in [6, 6.07) is 30.0. The summed E-state index contributed by atoms with van der Waals surface area (Å²) in [5.41, 5.74) is 7.60. The Morgan fingerprint density at radius 2 is 1.20 bits per heavy atom. The monoisotopic (exact) mass is 328 g/mol. The van der Waals surface area contributed by atoms with E-state index in [0.717, 1.165) is 6.42 Å². The van der Waals surface area contributed by atoms with Crippen LogP contribution in [-0.2, 0) is 4.74 Å². The van der Waals surface area contributed by atoms with Gasteiger partial charge < -0.3 is 4.74 Å². The molecule has 0 fully saturated rings. The van der Waals surface area contributed by atoms with Crippen molar-refractivity contribution in [3.05, 3.63) is 107 Å². The van der Waals surface area contributed by atoms with E-state index in [1.807, 2.05) is 0 Å². The summed E-state index contributed by atoms with van der Waals surface area (Å²) in [4.78, 5) is 0. The topological polar surface area (TPSA) is 9.23 Å². The number of aryl methyl sites for hydroxylation is 1. The Hall–Kier alpha value is -2.64. The molecule has 0 saturated carbocycles. The Bertz CT molecular complexity index is 773. The fourth-order valence-electron chi connectivity index (χ4n) is 3.10. The molecule has 0 amide bonds. The molecule has 0 aliphatic carbocycles. The van der Waals surface area contributed by atoms with Crippen LogP contribution in [-0.4, -0.2) is 13.7 Å². The molecule has 0 spiro atoms. The lowest BCUT2D eigenvalue weighted by Crippen LogP contribution is -1.99. The van der Waals surface area contributed by atoms with Crippen LogP contribution in [0.25, 0.3) is 11.1 Å². The molecule has 0 N–H and O–H groups in total. The number of hydrogen-bond donors (Lipinski definition) is 0. The molecule has 0 aromatic heterocycles. The van der Waals surface area contributed by atoms with Crippen molar-refractivity contribution in [2.75, 3.05) is 13.7 Å². The third-order valence-corrected chi connectivity index (χ3v) is 4.38. The Kier molecular flexibility index (Phi) is 5.81. The minimum Gasteiger partial charge on any atom is -0.384 e. The van der Waals surface area contributed by atoms with Crippen LogP contribution in [0.3, 0.4) is 0 Å². The standard InChI is InChI=1S/C24H24O/c1-19-13-15-20(16-14-19)23(17-18-25-2)24(21-9-5-3-6-10-21)22-11-7-4-8-12-22/h3-16H,17-18H2,1-2H3. The molecule has 25 heavy (non-hydrogen) atoms. The number of methoxy groups -OCH3 is 1. The van der Waals surface area contributed by atoms with Gasteiger partial charge >= 0.3 is 0 Å². The summed E-state index contributed by atoms with van der Waals surface area (Å²) in [5.74, 6) is 0. The van der Waals surface area contributed by atoms with E-state index in [4.69, 9.17) is 4.74 Å². The third-order valence-electron chi connectivity index (χ3n) is 4.38. The lowest BCUT2D eigenvalue weighted by atomic mass is 9.88. The largest absolute Gasteiger partial charge is 0.384 e. The first-order valence-corrected chi connectivity index (χ1v) is 8.69. The summed E-state index contributed by atoms with van der Waals surface area (Å²) >= 11 is 0. The molecule has 3 aromatic carbocycles. The highest BCUT2D eigenvalue weighted by Crippen LogP contribution is 2.34. The summed E-state index contributed by atoms with van der Waals surface area (Å²) in [6.45, 7) is 2.82. The SMILES string of the molecule is COCCC(=C(c1ccccc1)c1ccccc1)c1ccc(C)cc1. The quantitative estimate of drug-likeness (QED) is 0.505. The van der Waals surface area contributed by atoms with Crippen molar-refractivity contribution >= 4 is 11.1 Å². The molecule has 0 aliphatic heterocycles. The predicted molar refractivity (Wildman–Crippen MR) is 106 cm³/mol. The molecule has 0 heterocycles. The molecule has 0 saturated heterocycles. The van der Waals surface area contributed by atoms with Crippen molar-refractivity contribution in [3.8, 4) is 0 Å². The Labute approximate surface area is 150 Å². The smallest absolute Gasteiger partial charge is 0.0503 e. The second-order valence-corrected chi connectivity index (χ2v) is 6.19. The highest BCUT2D eigenvalue weighted by atomic mass is 16.5. The van der Waals surface area contributed by atoms with E-state index < -0.39 is 0 Å². The van der Waals surface area contributed by atoms with Gasteiger partial charge in [0.1, 0.15) is 0 Å². The van der Waals surface area contributed by atoms with E-state index in [1.54, 1.807) is 7.11 Å². The molecule has 0 aliphatic rings. The summed E-state index contributed by atoms with van der Waals surface area (Å²) in [6.07, 6.45) is 0.874. The fraction of sp³-hybridized carbons (Fsp3) is 0.167. The van der Waals surface area contributed by atoms with Crippen molar-refractivity contribution in [1.29, 1.82) is 0 Å². The summed E-state index contributed by atoms with van der Waals surface area (Å²) < 4.78 is 5.41. The van der Waals surface area contributed by atoms with E-state index in [0.29, 0.717) is 6.61 Å². The van der Waals surface area contributed by atoms with Gasteiger partial charge in [0, 0.05) is 7.11 Å². The minimum absolute atomic E-state index is 0.701. The maximum Gasteiger partial charge on any atom is 0.0503 e. The van der Waals surface area contributed by atoms with E-state index in [2.05, 4.69) is 91.9 Å². The van der Waals surface area contributed by atoms with Gasteiger partial charge in [-0.05, 0) is 41.2 Å². The van der Waals surface area contributed by atoms with E-state index >= 15 is 0 Å². The Balaban J connectivity index is 2.24. The van der Waals surface area contributed by atoms with Gasteiger partial charge in [0.2, 0.25) is 0 Å². The minimum atomic E-state index is 0.701. The van der Waals surface area contributed by atoms with Crippen LogP contribution in [0.5, 0.6) is 0 Å². The molecule has 3 rings (SSSR count). The van der Waals surface area contributed by atoms with Crippen molar-refractivity contribution < 1.29 is 4.74 Å². The molecular weight excluding hydrogens is 304 g/mol. The van der Waals surface area contributed by atoms with Gasteiger partial charge in [-0.1, -0.05) is 90.5 Å². The van der Waals surface area contributed by atoms with Crippen molar-refractivity contribution in [2.45, 2.75) is 13.3 Å². The first-order chi connectivity index (χ1) is 12.3. The first kappa shape index (κ1) is 17.2. The molecule has 0 atom stereocenters. The van der Waals surface area contributed by atoms with E-state index in [-0.39, 0.29) is 0 Å². The zero-order valence-electron chi connectivity index (χ0n) is 14.9. The van der Waals surface area contributed by atoms with Crippen LogP contribution in [0, 0.1) is 6.92 Å². The average Bonchev–Trinajstić information content (AvgIpc) is 2.67. The van der Waals surface area contributed by atoms with Crippen LogP contribution >= 0.6 is 0 Å². The van der Waals surface area contributed by atoms with Crippen LogP contribution in [0.2, 0.25) is 0 Å². The van der Waals surface area contributed by atoms with Crippen LogP contribution in [0.15, 0.2) is 84.9 Å². The van der Waals surface area contributed by atoms with Crippen LogP contribution in [0.4, 0.5) is 0 Å². The van der Waals surface area contributed by atoms with Gasteiger partial charge in [0.25, 0.3) is 0 Å². The van der Waals surface area contributed by atoms with Crippen LogP contribution in [0.1, 0.15) is 28.7 Å². The molecule has 0 radical (unpaired) electrons. The lowest BCUT2D eigenvalue weighted by Gasteiger charge is -2.17. The number of ether oxygens (including phenoxy) is 1. The van der Waals surface area contributed by atoms with Crippen molar-refractivity contribution in [1.82, 2.24) is 0 Å². The maximum atomic E-state index is 5.41. The van der Waals surface area contributed by atoms with E-state index in [1.165, 1.54) is 33.4 Å². The van der Waals surface area contributed by atoms with Crippen molar-refractivity contribution in [2.24, 2.45) is 0 Å². The first-order valence-electron chi connectivity index (χ1n) is 8.69. The zero-order valence-corrected chi connectivity index (χ0v) is 14.9. The van der Waals surface area contributed by atoms with Gasteiger partial charge in [0.05, 0.1) is 6.61 Å². The summed E-state index contributed by atoms with van der Waals surface area (Å²) in [7, 11) is 1.76. The molecule has 126 valence electrons. The molecular formula is C24H24O. The van der Waals surface area contributed by atoms with Gasteiger partial charge in [0.15, 0.2) is 0 Å². The average molecular weight is 328 g/mol. The second-order valence-electron chi connectivity index (χ2n) is 6.19. The summed E-state index contributed by atoms with van der Waals surface area (Å²) in [5, 5.41) is 0. The second kappa shape index (κ2) is 8.46. The normalized spacial score (nSPS) is 10.5. The number of hydrogen-bond acceptors (Lipinski definition) is 1. The van der Waals surface area contributed by atoms with Gasteiger partial charge in [-0.25, -0.2) is 0 Å². The molecule has 0 bridgehead atoms. The number of benzene rings is 3. The Morgan fingerprint density at radius 3 is 1.68 bits per heavy atom. The predicted octanol–water partition coefficient (Wildman–Crippen LogP) is 5.99. The van der Waals surface area contributed by atoms with Gasteiger partial charge in [-0.2, -0.15) is 0 Å². The number of rotatable bonds is 6. The highest BCUT2D eigenvalue weighted by molar-refractivity contribution is 5.98. The molecule has 1 heteroatoms. The van der Waals surface area contributed by atoms with Crippen molar-refractivity contribution in [3.63, 3.8) is 0 Å². The third kappa shape index (κ3) is 4.26.